The summed E-state index contributed by atoms with van der Waals surface area (Å²) in [5.41, 5.74) is 1.60. The Labute approximate surface area is 199 Å². The van der Waals surface area contributed by atoms with Crippen LogP contribution in [0, 0.1) is 0 Å². The molecule has 0 aromatic carbocycles. The summed E-state index contributed by atoms with van der Waals surface area (Å²) in [7, 11) is 3.44. The van der Waals surface area contributed by atoms with Crippen LogP contribution in [0.1, 0.15) is 11.3 Å². The topological polar surface area (TPSA) is 91.3 Å². The van der Waals surface area contributed by atoms with Crippen LogP contribution in [0.25, 0.3) is 11.6 Å². The number of ether oxygens (including phenoxy) is 2. The van der Waals surface area contributed by atoms with Crippen LogP contribution in [0.2, 0.25) is 0 Å². The molecule has 12 heteroatoms. The Morgan fingerprint density at radius 3 is 2.60 bits per heavy atom. The lowest BCUT2D eigenvalue weighted by atomic mass is 10.2. The van der Waals surface area contributed by atoms with E-state index >= 15 is 0 Å². The molecule has 0 aliphatic heterocycles. The zero-order chi connectivity index (χ0) is 24.8. The summed E-state index contributed by atoms with van der Waals surface area (Å²) < 4.78 is 54.3. The molecular weight excluding hydrogens is 465 g/mol. The smallest absolute Gasteiger partial charge is 0.422 e. The number of alkyl halides is 3. The number of aromatic nitrogens is 5. The summed E-state index contributed by atoms with van der Waals surface area (Å²) in [5.74, 6) is 2.14. The average Bonchev–Trinajstić information content (AvgIpc) is 3.51. The van der Waals surface area contributed by atoms with Gasteiger partial charge in [-0.15, -0.1) is 10.2 Å². The van der Waals surface area contributed by atoms with Crippen LogP contribution in [0.5, 0.6) is 11.8 Å². The van der Waals surface area contributed by atoms with Crippen LogP contribution in [0.15, 0.2) is 59.3 Å². The van der Waals surface area contributed by atoms with Gasteiger partial charge in [0.15, 0.2) is 12.4 Å². The molecule has 184 valence electrons. The second-order valence-corrected chi connectivity index (χ2v) is 7.64. The maximum absolute atomic E-state index is 12.3. The number of methoxy groups -OCH3 is 1. The molecule has 35 heavy (non-hydrogen) atoms. The van der Waals surface area contributed by atoms with Gasteiger partial charge in [-0.3, -0.25) is 4.57 Å². The van der Waals surface area contributed by atoms with Gasteiger partial charge in [-0.1, -0.05) is 12.1 Å². The Morgan fingerprint density at radius 2 is 1.91 bits per heavy atom. The summed E-state index contributed by atoms with van der Waals surface area (Å²) in [6.45, 7) is -0.455. The maximum Gasteiger partial charge on any atom is 0.422 e. The van der Waals surface area contributed by atoms with E-state index in [1.54, 1.807) is 37.6 Å². The van der Waals surface area contributed by atoms with Crippen molar-refractivity contribution in [2.75, 3.05) is 25.7 Å². The van der Waals surface area contributed by atoms with Crippen molar-refractivity contribution in [2.45, 2.75) is 25.7 Å². The molecule has 0 spiro atoms. The molecule has 0 unspecified atom stereocenters. The summed E-state index contributed by atoms with van der Waals surface area (Å²) >= 11 is 0. The van der Waals surface area contributed by atoms with Crippen LogP contribution in [0.3, 0.4) is 0 Å². The molecule has 0 bridgehead atoms. The number of hydrogen-bond acceptors (Lipinski definition) is 8. The van der Waals surface area contributed by atoms with E-state index in [1.807, 2.05) is 28.6 Å². The van der Waals surface area contributed by atoms with E-state index in [0.29, 0.717) is 42.9 Å². The molecular formula is C23H23F3N6O3. The van der Waals surface area contributed by atoms with Gasteiger partial charge < -0.3 is 18.8 Å². The number of furan rings is 1. The molecule has 0 atom stereocenters. The van der Waals surface area contributed by atoms with Crippen molar-refractivity contribution in [3.63, 3.8) is 0 Å². The fraction of sp³-hybridized carbons (Fsp3) is 0.304. The van der Waals surface area contributed by atoms with Gasteiger partial charge in [-0.05, 0) is 30.2 Å². The quantitative estimate of drug-likeness (QED) is 0.329. The number of aryl methyl sites for hydroxylation is 1. The minimum atomic E-state index is -4.42. The molecule has 4 aromatic rings. The van der Waals surface area contributed by atoms with Crippen molar-refractivity contribution in [2.24, 2.45) is 0 Å². The largest absolute Gasteiger partial charge is 0.481 e. The molecule has 4 rings (SSSR count). The summed E-state index contributed by atoms with van der Waals surface area (Å²) in [4.78, 5) is 10.3. The molecule has 0 fully saturated rings. The Bertz CT molecular complexity index is 1230. The molecule has 0 aliphatic carbocycles. The first-order chi connectivity index (χ1) is 16.8. The van der Waals surface area contributed by atoms with Gasteiger partial charge in [0.2, 0.25) is 23.5 Å². The van der Waals surface area contributed by atoms with E-state index in [4.69, 9.17) is 9.15 Å². The standard InChI is InChI=1S/C23H23F3N6O3/c1-31(14-17-5-3-7-20(28-17)33-2)22-30-29-21(18-6-4-12-34-18)32(22)11-10-16-8-9-19(27-13-16)35-15-23(24,25)26/h3-9,12-13H,10-11,14-15H2,1-2H3. The van der Waals surface area contributed by atoms with Gasteiger partial charge in [-0.2, -0.15) is 13.2 Å². The first-order valence-corrected chi connectivity index (χ1v) is 10.6. The lowest BCUT2D eigenvalue weighted by Gasteiger charge is -2.19. The van der Waals surface area contributed by atoms with Gasteiger partial charge >= 0.3 is 6.18 Å². The molecule has 9 nitrogen and oxygen atoms in total. The van der Waals surface area contributed by atoms with E-state index in [9.17, 15) is 13.2 Å². The predicted molar refractivity (Wildman–Crippen MR) is 120 cm³/mol. The van der Waals surface area contributed by atoms with Crippen molar-refractivity contribution in [1.82, 2.24) is 24.7 Å². The SMILES string of the molecule is COc1cccc(CN(C)c2nnc(-c3ccco3)n2CCc2ccc(OCC(F)(F)F)nc2)n1. The van der Waals surface area contributed by atoms with Crippen LogP contribution in [-0.2, 0) is 19.5 Å². The zero-order valence-electron chi connectivity index (χ0n) is 19.1. The molecule has 0 amide bonds. The first kappa shape index (κ1) is 24.0. The molecule has 0 aliphatic rings. The monoisotopic (exact) mass is 488 g/mol. The number of halogens is 3. The third-order valence-corrected chi connectivity index (χ3v) is 5.01. The van der Waals surface area contributed by atoms with E-state index in [1.165, 1.54) is 12.3 Å². The Hall–Kier alpha value is -4.09. The van der Waals surface area contributed by atoms with E-state index in [2.05, 4.69) is 24.9 Å². The number of anilines is 1. The van der Waals surface area contributed by atoms with E-state index in [0.717, 1.165) is 11.3 Å². The predicted octanol–water partition coefficient (Wildman–Crippen LogP) is 4.16. The molecule has 4 heterocycles. The second-order valence-electron chi connectivity index (χ2n) is 7.64. The van der Waals surface area contributed by atoms with Crippen LogP contribution >= 0.6 is 0 Å². The van der Waals surface area contributed by atoms with E-state index < -0.39 is 12.8 Å². The van der Waals surface area contributed by atoms with Crippen molar-refractivity contribution < 1.29 is 27.1 Å². The van der Waals surface area contributed by atoms with Gasteiger partial charge in [0.05, 0.1) is 25.6 Å². The van der Waals surface area contributed by atoms with Gasteiger partial charge in [0, 0.05) is 31.9 Å². The zero-order valence-corrected chi connectivity index (χ0v) is 19.1. The fourth-order valence-electron chi connectivity index (χ4n) is 3.39. The number of nitrogens with zero attached hydrogens (tertiary/aromatic N) is 6. The summed E-state index contributed by atoms with van der Waals surface area (Å²) in [5, 5.41) is 8.68. The minimum absolute atomic E-state index is 0.0853. The number of hydrogen-bond donors (Lipinski definition) is 0. The van der Waals surface area contributed by atoms with Crippen LogP contribution < -0.4 is 14.4 Å². The highest BCUT2D eigenvalue weighted by molar-refractivity contribution is 5.51. The van der Waals surface area contributed by atoms with Crippen molar-refractivity contribution >= 4 is 5.95 Å². The van der Waals surface area contributed by atoms with Crippen LogP contribution in [-0.4, -0.2) is 51.7 Å². The number of rotatable bonds is 10. The normalized spacial score (nSPS) is 11.5. The highest BCUT2D eigenvalue weighted by Gasteiger charge is 2.28. The lowest BCUT2D eigenvalue weighted by Crippen LogP contribution is -2.22. The Kier molecular flexibility index (Phi) is 7.18. The summed E-state index contributed by atoms with van der Waals surface area (Å²) in [6.07, 6.45) is -0.843. The molecule has 0 radical (unpaired) electrons. The highest BCUT2D eigenvalue weighted by Crippen LogP contribution is 2.25. The van der Waals surface area contributed by atoms with Gasteiger partial charge in [-0.25, -0.2) is 9.97 Å². The van der Waals surface area contributed by atoms with Crippen molar-refractivity contribution in [3.8, 4) is 23.3 Å². The Morgan fingerprint density at radius 1 is 1.06 bits per heavy atom. The lowest BCUT2D eigenvalue weighted by molar-refractivity contribution is -0.154. The second kappa shape index (κ2) is 10.5. The van der Waals surface area contributed by atoms with Gasteiger partial charge in [0.25, 0.3) is 0 Å². The minimum Gasteiger partial charge on any atom is -0.481 e. The van der Waals surface area contributed by atoms with Gasteiger partial charge in [0.1, 0.15) is 0 Å². The van der Waals surface area contributed by atoms with Crippen molar-refractivity contribution in [3.05, 3.63) is 66.2 Å². The average molecular weight is 488 g/mol. The maximum atomic E-state index is 12.3. The molecule has 0 N–H and O–H groups in total. The summed E-state index contributed by atoms with van der Waals surface area (Å²) in [6, 6.07) is 12.2. The first-order valence-electron chi connectivity index (χ1n) is 10.6. The third-order valence-electron chi connectivity index (χ3n) is 5.01. The molecule has 0 saturated heterocycles. The van der Waals surface area contributed by atoms with Crippen molar-refractivity contribution in [1.29, 1.82) is 0 Å². The fourth-order valence-corrected chi connectivity index (χ4v) is 3.39. The number of pyridine rings is 2. The Balaban J connectivity index is 1.51. The van der Waals surface area contributed by atoms with E-state index in [-0.39, 0.29) is 5.88 Å². The third kappa shape index (κ3) is 6.28. The van der Waals surface area contributed by atoms with Crippen LogP contribution in [0.4, 0.5) is 19.1 Å². The highest BCUT2D eigenvalue weighted by atomic mass is 19.4. The molecule has 0 saturated carbocycles. The molecule has 4 aromatic heterocycles.